The monoisotopic (exact) mass is 345 g/mol. The van der Waals surface area contributed by atoms with Gasteiger partial charge in [0, 0.05) is 25.2 Å². The molecule has 1 aromatic carbocycles. The highest BCUT2D eigenvalue weighted by Crippen LogP contribution is 2.27. The topological polar surface area (TPSA) is 18.5 Å². The van der Waals surface area contributed by atoms with Gasteiger partial charge in [0.25, 0.3) is 6.43 Å². The van der Waals surface area contributed by atoms with Gasteiger partial charge in [0.05, 0.1) is 6.54 Å². The third-order valence-electron chi connectivity index (χ3n) is 4.90. The first-order valence-electron chi connectivity index (χ1n) is 8.48. The van der Waals surface area contributed by atoms with Crippen molar-refractivity contribution in [2.24, 2.45) is 0 Å². The minimum atomic E-state index is -2.28. The number of nitrogens with one attached hydrogen (secondary N) is 1. The van der Waals surface area contributed by atoms with Crippen molar-refractivity contribution in [2.75, 3.05) is 37.6 Å². The van der Waals surface area contributed by atoms with Crippen molar-refractivity contribution in [1.82, 2.24) is 10.2 Å². The zero-order valence-electron chi connectivity index (χ0n) is 13.5. The number of nitrogens with zero attached hydrogens (tertiary/aromatic N) is 2. The first kappa shape index (κ1) is 17.5. The molecule has 2 fully saturated rings. The van der Waals surface area contributed by atoms with Crippen LogP contribution in [0.15, 0.2) is 18.2 Å². The zero-order valence-corrected chi connectivity index (χ0v) is 13.5. The van der Waals surface area contributed by atoms with Crippen molar-refractivity contribution < 1.29 is 17.6 Å². The summed E-state index contributed by atoms with van der Waals surface area (Å²) in [6.07, 6.45) is 0.202. The summed E-state index contributed by atoms with van der Waals surface area (Å²) in [7, 11) is 0. The molecule has 1 aromatic rings. The van der Waals surface area contributed by atoms with E-state index in [9.17, 15) is 17.6 Å². The fourth-order valence-corrected chi connectivity index (χ4v) is 3.70. The molecule has 1 unspecified atom stereocenters. The van der Waals surface area contributed by atoms with E-state index in [0.29, 0.717) is 26.2 Å². The van der Waals surface area contributed by atoms with Crippen LogP contribution < -0.4 is 10.2 Å². The van der Waals surface area contributed by atoms with Crippen molar-refractivity contribution in [2.45, 2.75) is 37.8 Å². The van der Waals surface area contributed by atoms with Crippen molar-refractivity contribution in [3.63, 3.8) is 0 Å². The molecule has 0 aliphatic carbocycles. The highest BCUT2D eigenvalue weighted by molar-refractivity contribution is 5.50. The lowest BCUT2D eigenvalue weighted by Crippen LogP contribution is -2.47. The van der Waals surface area contributed by atoms with Crippen molar-refractivity contribution in [1.29, 1.82) is 0 Å². The summed E-state index contributed by atoms with van der Waals surface area (Å²) in [4.78, 5) is 3.53. The van der Waals surface area contributed by atoms with Crippen LogP contribution in [0.2, 0.25) is 0 Å². The molecule has 2 aliphatic rings. The number of rotatable bonds is 5. The molecule has 0 amide bonds. The molecule has 0 aromatic heterocycles. The minimum absolute atomic E-state index is 0.0496. The number of halogens is 4. The normalized spacial score (nSPS) is 23.4. The molecule has 2 aliphatic heterocycles. The van der Waals surface area contributed by atoms with Crippen LogP contribution in [-0.4, -0.2) is 56.1 Å². The smallest absolute Gasteiger partial charge is 0.251 e. The second-order valence-electron chi connectivity index (χ2n) is 6.63. The Hall–Kier alpha value is -1.34. The molecule has 0 bridgehead atoms. The summed E-state index contributed by atoms with van der Waals surface area (Å²) in [5, 5.41) is 3.53. The summed E-state index contributed by atoms with van der Waals surface area (Å²) in [6.45, 7) is 2.35. The maximum Gasteiger partial charge on any atom is 0.251 e. The van der Waals surface area contributed by atoms with Gasteiger partial charge in [-0.15, -0.1) is 0 Å². The SMILES string of the molecule is Fc1cccc(F)c1N1CCC(NC2CCN(CC(F)F)CC2)C1. The van der Waals surface area contributed by atoms with Crippen molar-refractivity contribution in [3.8, 4) is 0 Å². The summed E-state index contributed by atoms with van der Waals surface area (Å²) >= 11 is 0. The Morgan fingerprint density at radius 1 is 1.00 bits per heavy atom. The number of likely N-dealkylation sites (tertiary alicyclic amines) is 1. The lowest BCUT2D eigenvalue weighted by Gasteiger charge is -2.33. The van der Waals surface area contributed by atoms with Gasteiger partial charge in [0.1, 0.15) is 17.3 Å². The highest BCUT2D eigenvalue weighted by atomic mass is 19.3. The second-order valence-corrected chi connectivity index (χ2v) is 6.63. The molecule has 2 heterocycles. The second kappa shape index (κ2) is 7.70. The third-order valence-corrected chi connectivity index (χ3v) is 4.90. The molecular formula is C17H23F4N3. The Labute approximate surface area is 139 Å². The largest absolute Gasteiger partial charge is 0.365 e. The Morgan fingerprint density at radius 3 is 2.25 bits per heavy atom. The standard InChI is InChI=1S/C17H23F4N3/c18-14-2-1-3-15(19)17(14)24-9-6-13(10-24)22-12-4-7-23(8-5-12)11-16(20)21/h1-3,12-13,16,22H,4-11H2. The maximum atomic E-state index is 13.9. The van der Waals surface area contributed by atoms with Crippen LogP contribution in [0.5, 0.6) is 0 Å². The molecule has 0 radical (unpaired) electrons. The number of para-hydroxylation sites is 1. The number of hydrogen-bond acceptors (Lipinski definition) is 3. The van der Waals surface area contributed by atoms with Crippen LogP contribution in [0, 0.1) is 11.6 Å². The van der Waals surface area contributed by atoms with E-state index < -0.39 is 18.1 Å². The summed E-state index contributed by atoms with van der Waals surface area (Å²) in [5.41, 5.74) is 0.0496. The van der Waals surface area contributed by atoms with Crippen LogP contribution in [0.4, 0.5) is 23.2 Å². The van der Waals surface area contributed by atoms with E-state index in [1.165, 1.54) is 18.2 Å². The zero-order chi connectivity index (χ0) is 17.1. The van der Waals surface area contributed by atoms with E-state index in [2.05, 4.69) is 5.32 Å². The molecule has 1 atom stereocenters. The molecule has 2 saturated heterocycles. The van der Waals surface area contributed by atoms with Crippen LogP contribution in [-0.2, 0) is 0 Å². The maximum absolute atomic E-state index is 13.9. The fourth-order valence-electron chi connectivity index (χ4n) is 3.70. The predicted octanol–water partition coefficient (Wildman–Crippen LogP) is 2.86. The predicted molar refractivity (Wildman–Crippen MR) is 85.6 cm³/mol. The average molecular weight is 345 g/mol. The van der Waals surface area contributed by atoms with Crippen LogP contribution in [0.3, 0.4) is 0 Å². The molecule has 134 valence electrons. The quantitative estimate of drug-likeness (QED) is 0.828. The minimum Gasteiger partial charge on any atom is -0.365 e. The van der Waals surface area contributed by atoms with Crippen LogP contribution in [0.1, 0.15) is 19.3 Å². The fraction of sp³-hybridized carbons (Fsp3) is 0.647. The number of hydrogen-bond donors (Lipinski definition) is 1. The number of piperidine rings is 1. The lowest BCUT2D eigenvalue weighted by atomic mass is 10.0. The van der Waals surface area contributed by atoms with Gasteiger partial charge in [0.2, 0.25) is 0 Å². The van der Waals surface area contributed by atoms with Crippen LogP contribution >= 0.6 is 0 Å². The van der Waals surface area contributed by atoms with Gasteiger partial charge in [-0.05, 0) is 44.5 Å². The van der Waals surface area contributed by atoms with Crippen molar-refractivity contribution in [3.05, 3.63) is 29.8 Å². The Balaban J connectivity index is 1.49. The summed E-state index contributed by atoms with van der Waals surface area (Å²) in [5.74, 6) is -1.06. The number of alkyl halides is 2. The molecular weight excluding hydrogens is 322 g/mol. The summed E-state index contributed by atoms with van der Waals surface area (Å²) in [6, 6.07) is 4.38. The molecule has 1 N–H and O–H groups in total. The van der Waals surface area contributed by atoms with E-state index >= 15 is 0 Å². The molecule has 0 spiro atoms. The molecule has 3 nitrogen and oxygen atoms in total. The van der Waals surface area contributed by atoms with Gasteiger partial charge >= 0.3 is 0 Å². The van der Waals surface area contributed by atoms with E-state index in [-0.39, 0.29) is 24.3 Å². The van der Waals surface area contributed by atoms with E-state index in [1.807, 2.05) is 0 Å². The van der Waals surface area contributed by atoms with Crippen LogP contribution in [0.25, 0.3) is 0 Å². The van der Waals surface area contributed by atoms with Gasteiger partial charge in [-0.3, -0.25) is 4.90 Å². The van der Waals surface area contributed by atoms with E-state index in [1.54, 1.807) is 9.80 Å². The first-order chi connectivity index (χ1) is 11.5. The summed E-state index contributed by atoms with van der Waals surface area (Å²) < 4.78 is 52.5. The van der Waals surface area contributed by atoms with Crippen molar-refractivity contribution >= 4 is 5.69 Å². The van der Waals surface area contributed by atoms with E-state index in [4.69, 9.17) is 0 Å². The van der Waals surface area contributed by atoms with Gasteiger partial charge in [-0.1, -0.05) is 6.07 Å². The van der Waals surface area contributed by atoms with Gasteiger partial charge in [0.15, 0.2) is 0 Å². The number of anilines is 1. The average Bonchev–Trinajstić information content (AvgIpc) is 2.97. The molecule has 7 heteroatoms. The molecule has 24 heavy (non-hydrogen) atoms. The Morgan fingerprint density at radius 2 is 1.62 bits per heavy atom. The first-order valence-corrected chi connectivity index (χ1v) is 8.48. The Kier molecular flexibility index (Phi) is 5.61. The van der Waals surface area contributed by atoms with Gasteiger partial charge < -0.3 is 10.2 Å². The van der Waals surface area contributed by atoms with E-state index in [0.717, 1.165) is 19.3 Å². The third kappa shape index (κ3) is 4.19. The lowest BCUT2D eigenvalue weighted by molar-refractivity contribution is 0.0722. The molecule has 0 saturated carbocycles. The number of benzene rings is 1. The van der Waals surface area contributed by atoms with Gasteiger partial charge in [-0.25, -0.2) is 17.6 Å². The molecule has 3 rings (SSSR count). The Bertz CT molecular complexity index is 526. The van der Waals surface area contributed by atoms with Gasteiger partial charge in [-0.2, -0.15) is 0 Å². The highest BCUT2D eigenvalue weighted by Gasteiger charge is 2.29.